The Balaban J connectivity index is 1.55. The summed E-state index contributed by atoms with van der Waals surface area (Å²) in [6.45, 7) is 6.04. The number of anilines is 1. The summed E-state index contributed by atoms with van der Waals surface area (Å²) in [4.78, 5) is 26.4. The van der Waals surface area contributed by atoms with Gasteiger partial charge in [-0.3, -0.25) is 0 Å². The van der Waals surface area contributed by atoms with Crippen molar-refractivity contribution in [2.24, 2.45) is 0 Å². The van der Waals surface area contributed by atoms with Crippen LogP contribution in [0.2, 0.25) is 10.0 Å². The van der Waals surface area contributed by atoms with Gasteiger partial charge in [-0.25, -0.2) is 9.59 Å². The molecular formula is C33H40Cl2N2O7. The number of unbranched alkanes of at least 4 members (excludes halogenated alkanes) is 1. The summed E-state index contributed by atoms with van der Waals surface area (Å²) in [6, 6.07) is 17.9. The van der Waals surface area contributed by atoms with E-state index in [-0.39, 0.29) is 19.1 Å². The number of aliphatic carboxylic acids is 1. The Morgan fingerprint density at radius 1 is 0.932 bits per heavy atom. The maximum atomic E-state index is 13.3. The highest BCUT2D eigenvalue weighted by molar-refractivity contribution is 6.34. The quantitative estimate of drug-likeness (QED) is 0.140. The molecule has 0 aliphatic rings. The lowest BCUT2D eigenvalue weighted by Crippen LogP contribution is -2.38. The normalized spacial score (nSPS) is 11.6. The maximum Gasteiger partial charge on any atom is 0.333 e. The molecule has 0 aliphatic heterocycles. The fraction of sp³-hybridized carbons (Fsp3) is 0.394. The van der Waals surface area contributed by atoms with Gasteiger partial charge in [-0.05, 0) is 85.8 Å². The van der Waals surface area contributed by atoms with Gasteiger partial charge in [-0.15, -0.1) is 0 Å². The van der Waals surface area contributed by atoms with E-state index in [0.29, 0.717) is 66.6 Å². The molecule has 9 nitrogen and oxygen atoms in total. The third kappa shape index (κ3) is 11.9. The number of nitrogens with zero attached hydrogens (tertiary/aromatic N) is 1. The molecule has 0 saturated carbocycles. The molecule has 11 heteroatoms. The van der Waals surface area contributed by atoms with Gasteiger partial charge in [-0.2, -0.15) is 0 Å². The predicted molar refractivity (Wildman–Crippen MR) is 172 cm³/mol. The Kier molecular flexibility index (Phi) is 14.6. The van der Waals surface area contributed by atoms with E-state index in [4.69, 9.17) is 42.1 Å². The van der Waals surface area contributed by atoms with Crippen LogP contribution in [0.4, 0.5) is 10.5 Å². The highest BCUT2D eigenvalue weighted by Gasteiger charge is 2.18. The molecule has 0 radical (unpaired) electrons. The van der Waals surface area contributed by atoms with Gasteiger partial charge in [0, 0.05) is 36.2 Å². The lowest BCUT2D eigenvalue weighted by atomic mass is 10.1. The van der Waals surface area contributed by atoms with Crippen molar-refractivity contribution in [2.75, 3.05) is 45.3 Å². The van der Waals surface area contributed by atoms with Crippen molar-refractivity contribution in [1.82, 2.24) is 4.90 Å². The Hall–Kier alpha value is -3.50. The van der Waals surface area contributed by atoms with Crippen molar-refractivity contribution in [1.29, 1.82) is 0 Å². The minimum Gasteiger partial charge on any atom is -0.495 e. The summed E-state index contributed by atoms with van der Waals surface area (Å²) < 4.78 is 22.4. The standard InChI is InChI=1S/C33H40Cl2N2O7/c1-4-43-31(32(38)39)20-24-8-10-28(11-9-24)44-16-14-37(33(40)36-29-17-23(2)7-12-30(29)41-3)13-5-6-15-42-22-25-18-26(34)21-27(35)19-25/h7-12,17-19,21,31H,4-6,13-16,20,22H2,1-3H3,(H,36,40)(H,38,39). The summed E-state index contributed by atoms with van der Waals surface area (Å²) in [5.41, 5.74) is 3.31. The number of hydrogen-bond donors (Lipinski definition) is 2. The zero-order valence-electron chi connectivity index (χ0n) is 25.3. The molecule has 0 aliphatic carbocycles. The Morgan fingerprint density at radius 2 is 1.66 bits per heavy atom. The number of aryl methyl sites for hydroxylation is 1. The second-order valence-corrected chi connectivity index (χ2v) is 11.0. The maximum absolute atomic E-state index is 13.3. The Morgan fingerprint density at radius 3 is 2.32 bits per heavy atom. The molecule has 3 rings (SSSR count). The summed E-state index contributed by atoms with van der Waals surface area (Å²) in [5.74, 6) is 0.197. The van der Waals surface area contributed by atoms with Gasteiger partial charge >= 0.3 is 12.0 Å². The molecule has 44 heavy (non-hydrogen) atoms. The second kappa shape index (κ2) is 18.3. The average molecular weight is 648 g/mol. The van der Waals surface area contributed by atoms with E-state index < -0.39 is 12.1 Å². The van der Waals surface area contributed by atoms with Gasteiger partial charge in [0.1, 0.15) is 18.1 Å². The minimum absolute atomic E-state index is 0.260. The number of nitrogens with one attached hydrogen (secondary N) is 1. The minimum atomic E-state index is -0.994. The van der Waals surface area contributed by atoms with Crippen LogP contribution < -0.4 is 14.8 Å². The SMILES string of the molecule is CCOC(Cc1ccc(OCCN(CCCCOCc2cc(Cl)cc(Cl)c2)C(=O)Nc2cc(C)ccc2OC)cc1)C(=O)O. The zero-order valence-corrected chi connectivity index (χ0v) is 26.8. The van der Waals surface area contributed by atoms with E-state index in [1.54, 1.807) is 37.1 Å². The Labute approximate surface area is 269 Å². The van der Waals surface area contributed by atoms with Crippen LogP contribution in [0.3, 0.4) is 0 Å². The van der Waals surface area contributed by atoms with E-state index in [2.05, 4.69) is 5.32 Å². The number of halogens is 2. The molecule has 238 valence electrons. The highest BCUT2D eigenvalue weighted by atomic mass is 35.5. The number of carbonyl (C=O) groups is 2. The molecule has 0 fully saturated rings. The fourth-order valence-corrected chi connectivity index (χ4v) is 5.02. The van der Waals surface area contributed by atoms with Crippen molar-refractivity contribution >= 4 is 40.9 Å². The topological polar surface area (TPSA) is 107 Å². The van der Waals surface area contributed by atoms with Crippen LogP contribution in [-0.4, -0.2) is 68.1 Å². The number of carbonyl (C=O) groups excluding carboxylic acids is 1. The summed E-state index contributed by atoms with van der Waals surface area (Å²) in [5, 5.41) is 13.4. The van der Waals surface area contributed by atoms with E-state index in [1.165, 1.54) is 0 Å². The van der Waals surface area contributed by atoms with Crippen LogP contribution in [-0.2, 0) is 27.3 Å². The first kappa shape index (κ1) is 35.0. The van der Waals surface area contributed by atoms with Gasteiger partial charge in [-0.1, -0.05) is 41.4 Å². The van der Waals surface area contributed by atoms with Crippen LogP contribution in [0, 0.1) is 6.92 Å². The third-order valence-corrected chi connectivity index (χ3v) is 7.10. The molecular weight excluding hydrogens is 607 g/mol. The second-order valence-electron chi connectivity index (χ2n) is 10.1. The zero-order chi connectivity index (χ0) is 31.9. The van der Waals surface area contributed by atoms with Gasteiger partial charge in [0.15, 0.2) is 6.10 Å². The molecule has 0 spiro atoms. The fourth-order valence-electron chi connectivity index (χ4n) is 4.45. The number of urea groups is 1. The summed E-state index contributed by atoms with van der Waals surface area (Å²) in [7, 11) is 1.56. The van der Waals surface area contributed by atoms with Crippen LogP contribution >= 0.6 is 23.2 Å². The van der Waals surface area contributed by atoms with Crippen LogP contribution in [0.5, 0.6) is 11.5 Å². The first-order valence-electron chi connectivity index (χ1n) is 14.5. The van der Waals surface area contributed by atoms with Gasteiger partial charge in [0.2, 0.25) is 0 Å². The van der Waals surface area contributed by atoms with Crippen LogP contribution in [0.1, 0.15) is 36.5 Å². The lowest BCUT2D eigenvalue weighted by Gasteiger charge is -2.24. The molecule has 0 saturated heterocycles. The van der Waals surface area contributed by atoms with E-state index in [0.717, 1.165) is 23.1 Å². The van der Waals surface area contributed by atoms with E-state index >= 15 is 0 Å². The van der Waals surface area contributed by atoms with Crippen molar-refractivity contribution in [3.8, 4) is 11.5 Å². The van der Waals surface area contributed by atoms with Gasteiger partial charge < -0.3 is 34.3 Å². The first-order chi connectivity index (χ1) is 21.2. The van der Waals surface area contributed by atoms with Crippen molar-refractivity contribution in [2.45, 2.75) is 45.8 Å². The molecule has 3 aromatic rings. The molecule has 3 aromatic carbocycles. The number of rotatable bonds is 18. The lowest BCUT2D eigenvalue weighted by molar-refractivity contribution is -0.149. The van der Waals surface area contributed by atoms with Crippen molar-refractivity contribution in [3.05, 3.63) is 87.4 Å². The molecule has 2 N–H and O–H groups in total. The first-order valence-corrected chi connectivity index (χ1v) is 15.2. The molecule has 0 aromatic heterocycles. The average Bonchev–Trinajstić information content (AvgIpc) is 2.98. The van der Waals surface area contributed by atoms with Crippen molar-refractivity contribution < 1.29 is 33.6 Å². The van der Waals surface area contributed by atoms with E-state index in [9.17, 15) is 14.7 Å². The highest BCUT2D eigenvalue weighted by Crippen LogP contribution is 2.26. The number of benzene rings is 3. The summed E-state index contributed by atoms with van der Waals surface area (Å²) in [6.07, 6.45) is 0.823. The van der Waals surface area contributed by atoms with Crippen LogP contribution in [0.25, 0.3) is 0 Å². The smallest absolute Gasteiger partial charge is 0.333 e. The molecule has 1 unspecified atom stereocenters. The number of amides is 2. The predicted octanol–water partition coefficient (Wildman–Crippen LogP) is 7.25. The van der Waals surface area contributed by atoms with Gasteiger partial charge in [0.05, 0.1) is 25.9 Å². The number of carboxylic acid groups (broad SMARTS) is 1. The third-order valence-electron chi connectivity index (χ3n) is 6.66. The van der Waals surface area contributed by atoms with Crippen molar-refractivity contribution in [3.63, 3.8) is 0 Å². The number of carboxylic acids is 1. The van der Waals surface area contributed by atoms with Crippen LogP contribution in [0.15, 0.2) is 60.7 Å². The molecule has 0 bridgehead atoms. The number of methoxy groups -OCH3 is 1. The van der Waals surface area contributed by atoms with Gasteiger partial charge in [0.25, 0.3) is 0 Å². The van der Waals surface area contributed by atoms with E-state index in [1.807, 2.05) is 49.4 Å². The number of ether oxygens (including phenoxy) is 4. The molecule has 0 heterocycles. The molecule has 1 atom stereocenters. The number of hydrogen-bond acceptors (Lipinski definition) is 6. The monoisotopic (exact) mass is 646 g/mol. The molecule has 2 amide bonds. The largest absolute Gasteiger partial charge is 0.495 e. The summed E-state index contributed by atoms with van der Waals surface area (Å²) >= 11 is 12.1. The Bertz CT molecular complexity index is 1330.